The Labute approximate surface area is 117 Å². The van der Waals surface area contributed by atoms with Crippen LogP contribution < -0.4 is 15.8 Å². The highest BCUT2D eigenvalue weighted by Crippen LogP contribution is 2.37. The van der Waals surface area contributed by atoms with Crippen LogP contribution in [0, 0.1) is 11.8 Å². The number of nitrogens with two attached hydrogens (primary N) is 1. The van der Waals surface area contributed by atoms with E-state index in [0.29, 0.717) is 22.9 Å². The summed E-state index contributed by atoms with van der Waals surface area (Å²) in [5, 5.41) is 14.5. The van der Waals surface area contributed by atoms with Gasteiger partial charge in [0.1, 0.15) is 5.75 Å². The van der Waals surface area contributed by atoms with E-state index >= 15 is 0 Å². The molecular formula is C14H19N3O3. The smallest absolute Gasteiger partial charge is 0.227 e. The van der Waals surface area contributed by atoms with E-state index in [0.717, 1.165) is 12.8 Å². The first-order valence-electron chi connectivity index (χ1n) is 6.53. The Hall–Kier alpha value is -2.24. The predicted molar refractivity (Wildman–Crippen MR) is 76.0 cm³/mol. The molecule has 0 saturated heterocycles. The Morgan fingerprint density at radius 3 is 2.80 bits per heavy atom. The topological polar surface area (TPSA) is 96.9 Å². The summed E-state index contributed by atoms with van der Waals surface area (Å²) in [6, 6.07) is 4.96. The monoisotopic (exact) mass is 277 g/mol. The van der Waals surface area contributed by atoms with Crippen LogP contribution in [0.15, 0.2) is 23.4 Å². The minimum atomic E-state index is -0.0117. The lowest BCUT2D eigenvalue weighted by molar-refractivity contribution is -0.119. The molecule has 1 saturated carbocycles. The van der Waals surface area contributed by atoms with E-state index in [2.05, 4.69) is 10.5 Å². The first-order chi connectivity index (χ1) is 9.56. The summed E-state index contributed by atoms with van der Waals surface area (Å²) < 4.78 is 5.23. The van der Waals surface area contributed by atoms with Gasteiger partial charge in [0.25, 0.3) is 0 Å². The van der Waals surface area contributed by atoms with Crippen molar-refractivity contribution >= 4 is 17.4 Å². The van der Waals surface area contributed by atoms with E-state index in [1.165, 1.54) is 7.11 Å². The summed E-state index contributed by atoms with van der Waals surface area (Å²) >= 11 is 0. The van der Waals surface area contributed by atoms with Crippen molar-refractivity contribution in [3.63, 3.8) is 0 Å². The van der Waals surface area contributed by atoms with Crippen molar-refractivity contribution in [3.05, 3.63) is 23.8 Å². The zero-order valence-electron chi connectivity index (χ0n) is 11.6. The van der Waals surface area contributed by atoms with Crippen LogP contribution in [0.5, 0.6) is 5.75 Å². The number of hydrogen-bond acceptors (Lipinski definition) is 4. The number of ether oxygens (including phenoxy) is 1. The third-order valence-corrected chi connectivity index (χ3v) is 3.61. The van der Waals surface area contributed by atoms with Crippen LogP contribution in [0.25, 0.3) is 0 Å². The van der Waals surface area contributed by atoms with Crippen molar-refractivity contribution in [3.8, 4) is 5.75 Å². The maximum atomic E-state index is 12.1. The fraction of sp³-hybridized carbons (Fsp3) is 0.429. The molecule has 1 fully saturated rings. The highest BCUT2D eigenvalue weighted by Gasteiger charge is 2.32. The standard InChI is InChI=1S/C14H19N3O3/c1-8(9-3-4-9)14(18)16-11-6-5-10(13(15)17-19)7-12(11)20-2/h5-9,19H,3-4H2,1-2H3,(H2,15,17)(H,16,18). The molecule has 4 N–H and O–H groups in total. The van der Waals surface area contributed by atoms with Crippen LogP contribution in [-0.4, -0.2) is 24.1 Å². The lowest BCUT2D eigenvalue weighted by Crippen LogP contribution is -2.22. The van der Waals surface area contributed by atoms with Gasteiger partial charge in [-0.15, -0.1) is 0 Å². The Morgan fingerprint density at radius 2 is 2.25 bits per heavy atom. The van der Waals surface area contributed by atoms with Gasteiger partial charge in [0.2, 0.25) is 5.91 Å². The molecule has 1 amide bonds. The lowest BCUT2D eigenvalue weighted by atomic mass is 10.1. The van der Waals surface area contributed by atoms with Crippen LogP contribution in [0.3, 0.4) is 0 Å². The predicted octanol–water partition coefficient (Wildman–Crippen LogP) is 1.77. The van der Waals surface area contributed by atoms with Gasteiger partial charge in [-0.3, -0.25) is 4.79 Å². The molecule has 2 rings (SSSR count). The average Bonchev–Trinajstić information content (AvgIpc) is 3.30. The van der Waals surface area contributed by atoms with Crippen LogP contribution in [0.4, 0.5) is 5.69 Å². The molecule has 0 heterocycles. The lowest BCUT2D eigenvalue weighted by Gasteiger charge is -2.14. The molecule has 0 bridgehead atoms. The van der Waals surface area contributed by atoms with E-state index in [9.17, 15) is 4.79 Å². The molecule has 0 radical (unpaired) electrons. The summed E-state index contributed by atoms with van der Waals surface area (Å²) in [7, 11) is 1.51. The first-order valence-corrected chi connectivity index (χ1v) is 6.53. The molecule has 20 heavy (non-hydrogen) atoms. The van der Waals surface area contributed by atoms with E-state index in [1.807, 2.05) is 6.92 Å². The largest absolute Gasteiger partial charge is 0.495 e. The van der Waals surface area contributed by atoms with Gasteiger partial charge in [-0.25, -0.2) is 0 Å². The second-order valence-corrected chi connectivity index (χ2v) is 5.02. The van der Waals surface area contributed by atoms with Crippen LogP contribution in [-0.2, 0) is 4.79 Å². The molecule has 1 aromatic rings. The highest BCUT2D eigenvalue weighted by molar-refractivity contribution is 5.99. The molecule has 6 nitrogen and oxygen atoms in total. The van der Waals surface area contributed by atoms with Crippen LogP contribution in [0.1, 0.15) is 25.3 Å². The number of amidine groups is 1. The molecule has 0 aliphatic heterocycles. The van der Waals surface area contributed by atoms with Crippen LogP contribution >= 0.6 is 0 Å². The summed E-state index contributed by atoms with van der Waals surface area (Å²) in [6.45, 7) is 1.93. The van der Waals surface area contributed by atoms with Gasteiger partial charge >= 0.3 is 0 Å². The van der Waals surface area contributed by atoms with Gasteiger partial charge in [-0.05, 0) is 37.0 Å². The summed E-state index contributed by atoms with van der Waals surface area (Å²) in [4.78, 5) is 12.1. The number of hydrogen-bond donors (Lipinski definition) is 3. The number of methoxy groups -OCH3 is 1. The Kier molecular flexibility index (Phi) is 4.12. The minimum Gasteiger partial charge on any atom is -0.495 e. The molecule has 1 atom stereocenters. The quantitative estimate of drug-likeness (QED) is 0.331. The van der Waals surface area contributed by atoms with Crippen molar-refractivity contribution < 1.29 is 14.7 Å². The average molecular weight is 277 g/mol. The van der Waals surface area contributed by atoms with Crippen LogP contribution in [0.2, 0.25) is 0 Å². The summed E-state index contributed by atoms with van der Waals surface area (Å²) in [6.07, 6.45) is 2.24. The molecule has 0 spiro atoms. The second kappa shape index (κ2) is 5.81. The molecule has 1 aliphatic rings. The Balaban J connectivity index is 2.16. The third kappa shape index (κ3) is 3.01. The number of oxime groups is 1. The minimum absolute atomic E-state index is 0.00320. The molecule has 6 heteroatoms. The van der Waals surface area contributed by atoms with E-state index in [4.69, 9.17) is 15.7 Å². The fourth-order valence-electron chi connectivity index (χ4n) is 2.07. The molecule has 0 aromatic heterocycles. The normalized spacial score (nSPS) is 16.6. The number of nitrogens with one attached hydrogen (secondary N) is 1. The van der Waals surface area contributed by atoms with Gasteiger partial charge in [0.05, 0.1) is 12.8 Å². The fourth-order valence-corrected chi connectivity index (χ4v) is 2.07. The van der Waals surface area contributed by atoms with Gasteiger partial charge < -0.3 is 21.0 Å². The molecule has 1 unspecified atom stereocenters. The van der Waals surface area contributed by atoms with Crippen molar-refractivity contribution in [1.29, 1.82) is 0 Å². The number of nitrogens with zero attached hydrogens (tertiary/aromatic N) is 1. The molecular weight excluding hydrogens is 258 g/mol. The summed E-state index contributed by atoms with van der Waals surface area (Å²) in [5.74, 6) is 0.959. The molecule has 1 aliphatic carbocycles. The highest BCUT2D eigenvalue weighted by atomic mass is 16.5. The zero-order chi connectivity index (χ0) is 14.7. The van der Waals surface area contributed by atoms with Crippen molar-refractivity contribution in [2.45, 2.75) is 19.8 Å². The maximum Gasteiger partial charge on any atom is 0.227 e. The second-order valence-electron chi connectivity index (χ2n) is 5.02. The van der Waals surface area contributed by atoms with Crippen molar-refractivity contribution in [1.82, 2.24) is 0 Å². The number of carbonyl (C=O) groups excluding carboxylic acids is 1. The van der Waals surface area contributed by atoms with E-state index < -0.39 is 0 Å². The van der Waals surface area contributed by atoms with Gasteiger partial charge in [-0.1, -0.05) is 12.1 Å². The number of carbonyl (C=O) groups is 1. The Bertz CT molecular complexity index is 538. The van der Waals surface area contributed by atoms with Gasteiger partial charge in [-0.2, -0.15) is 0 Å². The maximum absolute atomic E-state index is 12.1. The number of anilines is 1. The van der Waals surface area contributed by atoms with E-state index in [-0.39, 0.29) is 17.7 Å². The summed E-state index contributed by atoms with van der Waals surface area (Å²) in [5.41, 5.74) is 6.63. The molecule has 108 valence electrons. The van der Waals surface area contributed by atoms with Crippen molar-refractivity contribution in [2.75, 3.05) is 12.4 Å². The third-order valence-electron chi connectivity index (χ3n) is 3.61. The number of amides is 1. The van der Waals surface area contributed by atoms with E-state index in [1.54, 1.807) is 18.2 Å². The molecule has 1 aromatic carbocycles. The SMILES string of the molecule is COc1cc(/C(N)=N/O)ccc1NC(=O)C(C)C1CC1. The number of benzene rings is 1. The van der Waals surface area contributed by atoms with Gasteiger partial charge in [0.15, 0.2) is 5.84 Å². The van der Waals surface area contributed by atoms with Crippen molar-refractivity contribution in [2.24, 2.45) is 22.7 Å². The number of rotatable bonds is 5. The Morgan fingerprint density at radius 1 is 1.55 bits per heavy atom. The zero-order valence-corrected chi connectivity index (χ0v) is 11.6. The first kappa shape index (κ1) is 14.2. The van der Waals surface area contributed by atoms with Gasteiger partial charge in [0, 0.05) is 11.5 Å².